The van der Waals surface area contributed by atoms with E-state index in [1.807, 2.05) is 24.3 Å². The molecule has 2 aliphatic carbocycles. The highest BCUT2D eigenvalue weighted by molar-refractivity contribution is 8.77. The molecule has 288 valence electrons. The van der Waals surface area contributed by atoms with E-state index >= 15 is 0 Å². The van der Waals surface area contributed by atoms with Gasteiger partial charge in [0, 0.05) is 68.5 Å². The molecule has 1 aromatic heterocycles. The minimum atomic E-state index is -0.584. The van der Waals surface area contributed by atoms with Gasteiger partial charge in [0.1, 0.15) is 12.2 Å². The second-order valence-corrected chi connectivity index (χ2v) is 17.2. The Morgan fingerprint density at radius 3 is 2.83 bits per heavy atom. The topological polar surface area (TPSA) is 178 Å². The highest BCUT2D eigenvalue weighted by Crippen LogP contribution is 2.51. The van der Waals surface area contributed by atoms with E-state index in [2.05, 4.69) is 27.4 Å². The van der Waals surface area contributed by atoms with Crippen LogP contribution >= 0.6 is 21.6 Å². The largest absolute Gasteiger partial charge is 0.504 e. The maximum Gasteiger partial charge on any atom is 0.302 e. The third-order valence-corrected chi connectivity index (χ3v) is 13.8. The summed E-state index contributed by atoms with van der Waals surface area (Å²) in [5.41, 5.74) is 8.47. The fraction of sp³-hybridized carbons (Fsp3) is 0.475. The van der Waals surface area contributed by atoms with Gasteiger partial charge in [-0.1, -0.05) is 45.9 Å². The highest BCUT2D eigenvalue weighted by atomic mass is 33.1. The van der Waals surface area contributed by atoms with E-state index in [-0.39, 0.29) is 70.4 Å². The van der Waals surface area contributed by atoms with Crippen LogP contribution in [0.2, 0.25) is 0 Å². The van der Waals surface area contributed by atoms with E-state index in [9.17, 15) is 20.1 Å². The number of nitrogens with zero attached hydrogens (tertiary/aromatic N) is 2. The minimum absolute atomic E-state index is 0.0140. The van der Waals surface area contributed by atoms with E-state index in [1.165, 1.54) is 13.0 Å². The maximum absolute atomic E-state index is 12.5. The number of guanidine groups is 1. The van der Waals surface area contributed by atoms with Gasteiger partial charge in [0.2, 0.25) is 5.75 Å². The summed E-state index contributed by atoms with van der Waals surface area (Å²) in [6.07, 6.45) is 11.1. The number of ether oxygens (including phenoxy) is 4. The number of esters is 1. The zero-order chi connectivity index (χ0) is 37.8. The Kier molecular flexibility index (Phi) is 11.7. The van der Waals surface area contributed by atoms with Crippen LogP contribution in [0.1, 0.15) is 61.8 Å². The number of fused-ring (bicyclic) bond motifs is 7. The second-order valence-electron chi connectivity index (χ2n) is 14.6. The van der Waals surface area contributed by atoms with Crippen molar-refractivity contribution in [3.8, 4) is 28.7 Å². The Bertz CT molecular complexity index is 1860. The van der Waals surface area contributed by atoms with Gasteiger partial charge < -0.3 is 45.3 Å². The third kappa shape index (κ3) is 8.66. The van der Waals surface area contributed by atoms with Crippen molar-refractivity contribution in [3.05, 3.63) is 83.7 Å². The normalized spacial score (nSPS) is 29.5. The molecular weight excluding hydrogens is 729 g/mol. The van der Waals surface area contributed by atoms with E-state index in [1.54, 1.807) is 53.2 Å². The first-order valence-electron chi connectivity index (χ1n) is 18.5. The predicted octanol–water partition coefficient (Wildman–Crippen LogP) is 5.98. The summed E-state index contributed by atoms with van der Waals surface area (Å²) >= 11 is 0. The Balaban J connectivity index is 1.20. The molecule has 0 spiro atoms. The molecule has 4 bridgehead atoms. The van der Waals surface area contributed by atoms with Crippen LogP contribution in [0.5, 0.6) is 28.7 Å². The molecule has 3 heterocycles. The first-order valence-corrected chi connectivity index (χ1v) is 20.8. The van der Waals surface area contributed by atoms with Crippen LogP contribution in [0, 0.1) is 11.8 Å². The number of rotatable bonds is 7. The first-order chi connectivity index (χ1) is 26.1. The van der Waals surface area contributed by atoms with Crippen molar-refractivity contribution in [3.63, 3.8) is 0 Å². The van der Waals surface area contributed by atoms with Gasteiger partial charge >= 0.3 is 5.97 Å². The summed E-state index contributed by atoms with van der Waals surface area (Å²) in [5, 5.41) is 36.1. The molecular formula is C40H48N4O8S2. The number of carbonyl (C=O) groups excluding carboxylic acids is 1. The number of pyridine rings is 1. The lowest BCUT2D eigenvalue weighted by Crippen LogP contribution is -2.57. The molecule has 0 amide bonds. The number of phenolic OH excluding ortho intramolecular Hbond substituents is 3. The van der Waals surface area contributed by atoms with Crippen LogP contribution < -0.4 is 20.5 Å². The number of aliphatic imine (C=N–C) groups is 1. The van der Waals surface area contributed by atoms with Gasteiger partial charge in [-0.25, -0.2) is 0 Å². The molecule has 7 rings (SSSR count). The molecule has 2 aromatic carbocycles. The lowest BCUT2D eigenvalue weighted by molar-refractivity contribution is -0.177. The molecule has 0 unspecified atom stereocenters. The SMILES string of the molecule is CN=C(N)N[C@]12CCC[C@H](C1)Oc1cc(ccc1O)C[C@@H]1[C@@H]3O[C@H](c4cc(O)c(O)c(OCCc5cccnc5)c4)C[C@H](OC(C)=O)[C@H]3C=C[C@@H]1SSC2. The quantitative estimate of drug-likeness (QED) is 0.0473. The van der Waals surface area contributed by atoms with Crippen molar-refractivity contribution < 1.29 is 39.1 Å². The number of nitrogens with two attached hydrogens (primary N) is 1. The number of hydrogen-bond acceptors (Lipinski definition) is 12. The monoisotopic (exact) mass is 776 g/mol. The molecule has 14 heteroatoms. The van der Waals surface area contributed by atoms with Gasteiger partial charge in [0.15, 0.2) is 29.0 Å². The highest BCUT2D eigenvalue weighted by Gasteiger charge is 2.48. The van der Waals surface area contributed by atoms with Crippen LogP contribution in [0.3, 0.4) is 0 Å². The average Bonchev–Trinajstić information content (AvgIpc) is 3.15. The van der Waals surface area contributed by atoms with Crippen LogP contribution in [0.25, 0.3) is 0 Å². The Morgan fingerprint density at radius 2 is 2.04 bits per heavy atom. The fourth-order valence-corrected chi connectivity index (χ4v) is 11.5. The average molecular weight is 777 g/mol. The Morgan fingerprint density at radius 1 is 1.17 bits per heavy atom. The van der Waals surface area contributed by atoms with Crippen molar-refractivity contribution in [2.75, 3.05) is 19.4 Å². The van der Waals surface area contributed by atoms with E-state index in [0.717, 1.165) is 36.1 Å². The van der Waals surface area contributed by atoms with Gasteiger partial charge in [0.05, 0.1) is 24.4 Å². The molecule has 2 fully saturated rings. The number of carbonyl (C=O) groups is 1. The van der Waals surface area contributed by atoms with Gasteiger partial charge in [-0.05, 0) is 72.7 Å². The third-order valence-electron chi connectivity index (χ3n) is 10.8. The van der Waals surface area contributed by atoms with Crippen molar-refractivity contribution in [1.82, 2.24) is 10.3 Å². The van der Waals surface area contributed by atoms with Crippen LogP contribution in [-0.2, 0) is 27.1 Å². The van der Waals surface area contributed by atoms with Crippen molar-refractivity contribution >= 4 is 33.5 Å². The molecule has 0 radical (unpaired) electrons. The van der Waals surface area contributed by atoms with E-state index < -0.39 is 12.2 Å². The molecule has 4 aliphatic rings. The van der Waals surface area contributed by atoms with Gasteiger partial charge in [0.25, 0.3) is 0 Å². The number of aromatic nitrogens is 1. The van der Waals surface area contributed by atoms with E-state index in [0.29, 0.717) is 43.0 Å². The lowest BCUT2D eigenvalue weighted by Gasteiger charge is -2.47. The van der Waals surface area contributed by atoms with Crippen molar-refractivity contribution in [1.29, 1.82) is 0 Å². The summed E-state index contributed by atoms with van der Waals surface area (Å²) < 4.78 is 25.5. The second kappa shape index (κ2) is 16.6. The Labute approximate surface area is 323 Å². The zero-order valence-corrected chi connectivity index (χ0v) is 32.1. The summed E-state index contributed by atoms with van der Waals surface area (Å²) in [7, 11) is 5.24. The van der Waals surface area contributed by atoms with Crippen molar-refractivity contribution in [2.24, 2.45) is 22.6 Å². The van der Waals surface area contributed by atoms with Gasteiger partial charge in [-0.2, -0.15) is 0 Å². The van der Waals surface area contributed by atoms with Crippen LogP contribution in [-0.4, -0.2) is 80.7 Å². The number of aromatic hydroxyl groups is 3. The fourth-order valence-electron chi connectivity index (χ4n) is 8.20. The smallest absolute Gasteiger partial charge is 0.302 e. The van der Waals surface area contributed by atoms with Gasteiger partial charge in [-0.15, -0.1) is 0 Å². The standard InChI is InChI=1S/C40H48N4O8S2/c1-23(45)50-33-19-32(26-17-31(47)37(48)35(18-26)49-14-11-24-5-4-13-43-21-24)52-38-28(33)8-10-36-29(38)15-25-7-9-30(46)34(16-25)51-27-6-3-12-40(20-27,22-53-54-36)44-39(41)42-2/h4-5,7-10,13,16-18,21,27-29,32-33,36,38,46-48H,3,6,11-12,14-15,19-20,22H2,1-2H3,(H3,41,42,44)/t27-,28-,29+,32+,33+,36+,38-,40-/m1/s1. The summed E-state index contributed by atoms with van der Waals surface area (Å²) in [6, 6.07) is 12.5. The maximum atomic E-state index is 12.5. The van der Waals surface area contributed by atoms with Crippen LogP contribution in [0.4, 0.5) is 0 Å². The molecule has 12 nitrogen and oxygen atoms in total. The molecule has 1 saturated carbocycles. The predicted molar refractivity (Wildman–Crippen MR) is 209 cm³/mol. The Hall–Kier alpha value is -4.27. The number of nitrogens with one attached hydrogen (secondary N) is 1. The molecule has 1 saturated heterocycles. The molecule has 6 N–H and O–H groups in total. The number of benzene rings is 2. The number of phenols is 3. The summed E-state index contributed by atoms with van der Waals surface area (Å²) in [4.78, 5) is 20.8. The minimum Gasteiger partial charge on any atom is -0.504 e. The summed E-state index contributed by atoms with van der Waals surface area (Å²) in [5.74, 6) is 0.424. The molecule has 54 heavy (non-hydrogen) atoms. The van der Waals surface area contributed by atoms with Gasteiger partial charge in [-0.3, -0.25) is 14.8 Å². The molecule has 2 aliphatic heterocycles. The summed E-state index contributed by atoms with van der Waals surface area (Å²) in [6.45, 7) is 1.67. The molecule has 8 atom stereocenters. The van der Waals surface area contributed by atoms with Crippen molar-refractivity contribution in [2.45, 2.75) is 87.1 Å². The number of hydrogen-bond donors (Lipinski definition) is 5. The zero-order valence-electron chi connectivity index (χ0n) is 30.4. The first kappa shape index (κ1) is 38.0. The van der Waals surface area contributed by atoms with Crippen LogP contribution in [0.15, 0.2) is 72.0 Å². The lowest BCUT2D eigenvalue weighted by atomic mass is 9.74. The van der Waals surface area contributed by atoms with E-state index in [4.69, 9.17) is 24.7 Å². The molecule has 3 aromatic rings.